The smallest absolute Gasteiger partial charge is 0.263 e. The lowest BCUT2D eigenvalue weighted by Crippen LogP contribution is -2.36. The van der Waals surface area contributed by atoms with Gasteiger partial charge >= 0.3 is 0 Å². The van der Waals surface area contributed by atoms with Crippen molar-refractivity contribution in [1.82, 2.24) is 10.6 Å². The Balaban J connectivity index is 1.89. The number of hydrogen-bond acceptors (Lipinski definition) is 3. The molecule has 1 amide bonds. The van der Waals surface area contributed by atoms with Gasteiger partial charge < -0.3 is 10.6 Å². The molecule has 1 atom stereocenters. The van der Waals surface area contributed by atoms with Crippen molar-refractivity contribution in [3.8, 4) is 6.07 Å². The first-order chi connectivity index (χ1) is 13.7. The van der Waals surface area contributed by atoms with Crippen LogP contribution in [0.15, 0.2) is 42.1 Å². The second-order valence-corrected chi connectivity index (χ2v) is 7.90. The van der Waals surface area contributed by atoms with E-state index in [2.05, 4.69) is 16.7 Å². The third kappa shape index (κ3) is 8.17. The summed E-state index contributed by atoms with van der Waals surface area (Å²) in [7, 11) is 0. The summed E-state index contributed by atoms with van der Waals surface area (Å²) in [5, 5.41) is 15.7. The lowest BCUT2D eigenvalue weighted by atomic mass is 9.97. The molecule has 1 aliphatic rings. The summed E-state index contributed by atoms with van der Waals surface area (Å²) in [6.07, 6.45) is 15.0. The Bertz CT molecular complexity index is 636. The van der Waals surface area contributed by atoms with Crippen molar-refractivity contribution in [1.29, 1.82) is 5.26 Å². The van der Waals surface area contributed by atoms with Crippen molar-refractivity contribution < 1.29 is 4.79 Å². The van der Waals surface area contributed by atoms with Crippen molar-refractivity contribution >= 4 is 5.91 Å². The molecule has 0 spiro atoms. The largest absolute Gasteiger partial charge is 0.383 e. The number of amides is 1. The molecule has 4 heteroatoms. The Morgan fingerprint density at radius 3 is 2.07 bits per heavy atom. The first-order valence-electron chi connectivity index (χ1n) is 10.9. The second kappa shape index (κ2) is 13.0. The van der Waals surface area contributed by atoms with Crippen molar-refractivity contribution in [2.45, 2.75) is 89.6 Å². The molecule has 28 heavy (non-hydrogen) atoms. The minimum atomic E-state index is -0.257. The van der Waals surface area contributed by atoms with Crippen molar-refractivity contribution in [2.24, 2.45) is 0 Å². The monoisotopic (exact) mass is 381 g/mol. The third-order valence-corrected chi connectivity index (χ3v) is 5.58. The average Bonchev–Trinajstić information content (AvgIpc) is 2.71. The van der Waals surface area contributed by atoms with E-state index in [0.29, 0.717) is 0 Å². The molecule has 0 radical (unpaired) electrons. The van der Waals surface area contributed by atoms with Gasteiger partial charge in [-0.25, -0.2) is 0 Å². The second-order valence-electron chi connectivity index (χ2n) is 7.90. The van der Waals surface area contributed by atoms with Crippen LogP contribution < -0.4 is 10.6 Å². The van der Waals surface area contributed by atoms with Gasteiger partial charge in [-0.1, -0.05) is 88.1 Å². The quantitative estimate of drug-likeness (QED) is 0.520. The van der Waals surface area contributed by atoms with Crippen LogP contribution in [0.5, 0.6) is 0 Å². The molecule has 0 aliphatic heterocycles. The van der Waals surface area contributed by atoms with Crippen LogP contribution in [0, 0.1) is 11.3 Å². The number of nitrogens with zero attached hydrogens (tertiary/aromatic N) is 1. The SMILES string of the molecule is CC(N/C=C(/C#N)C(=O)NC1CCCCCCCCCCC1)c1ccccc1. The van der Waals surface area contributed by atoms with Crippen LogP contribution in [-0.4, -0.2) is 11.9 Å². The fourth-order valence-corrected chi connectivity index (χ4v) is 3.77. The Hall–Kier alpha value is -2.28. The standard InChI is InChI=1S/C24H35N3O/c1-20(21-14-10-9-11-15-21)26-19-22(18-25)24(28)27-23-16-12-7-5-3-2-4-6-8-13-17-23/h9-11,14-15,19-20,23,26H,2-8,12-13,16-17H2,1H3,(H,27,28)/b22-19-. The van der Waals surface area contributed by atoms with Gasteiger partial charge in [0.05, 0.1) is 0 Å². The van der Waals surface area contributed by atoms with Crippen LogP contribution in [0.25, 0.3) is 0 Å². The normalized spacial score (nSPS) is 18.8. The molecule has 1 saturated carbocycles. The first-order valence-corrected chi connectivity index (χ1v) is 10.9. The summed E-state index contributed by atoms with van der Waals surface area (Å²) >= 11 is 0. The van der Waals surface area contributed by atoms with Crippen LogP contribution in [-0.2, 0) is 4.79 Å². The molecule has 1 aromatic carbocycles. The highest BCUT2D eigenvalue weighted by Crippen LogP contribution is 2.17. The van der Waals surface area contributed by atoms with E-state index in [1.807, 2.05) is 37.3 Å². The van der Waals surface area contributed by atoms with E-state index in [0.717, 1.165) is 31.2 Å². The number of rotatable bonds is 5. The van der Waals surface area contributed by atoms with E-state index in [1.165, 1.54) is 44.9 Å². The molecule has 0 aromatic heterocycles. The number of carbonyl (C=O) groups is 1. The summed E-state index contributed by atoms with van der Waals surface area (Å²) in [4.78, 5) is 12.6. The lowest BCUT2D eigenvalue weighted by molar-refractivity contribution is -0.117. The molecule has 1 fully saturated rings. The molecule has 1 unspecified atom stereocenters. The summed E-state index contributed by atoms with van der Waals surface area (Å²) in [6, 6.07) is 12.3. The molecular formula is C24H35N3O. The van der Waals surface area contributed by atoms with Gasteiger partial charge in [-0.2, -0.15) is 5.26 Å². The highest BCUT2D eigenvalue weighted by atomic mass is 16.1. The summed E-state index contributed by atoms with van der Waals surface area (Å²) in [5.41, 5.74) is 1.27. The minimum Gasteiger partial charge on any atom is -0.383 e. The molecule has 0 heterocycles. The van der Waals surface area contributed by atoms with Crippen LogP contribution in [0.1, 0.15) is 89.2 Å². The van der Waals surface area contributed by atoms with Crippen LogP contribution >= 0.6 is 0 Å². The molecule has 4 nitrogen and oxygen atoms in total. The first kappa shape index (κ1) is 22.0. The van der Waals surface area contributed by atoms with E-state index in [1.54, 1.807) is 6.20 Å². The maximum atomic E-state index is 12.6. The highest BCUT2D eigenvalue weighted by Gasteiger charge is 2.16. The van der Waals surface area contributed by atoms with Gasteiger partial charge in [0.25, 0.3) is 5.91 Å². The van der Waals surface area contributed by atoms with E-state index in [4.69, 9.17) is 0 Å². The highest BCUT2D eigenvalue weighted by molar-refractivity contribution is 5.97. The Labute approximate surface area is 170 Å². The van der Waals surface area contributed by atoms with E-state index in [9.17, 15) is 10.1 Å². The molecule has 0 saturated heterocycles. The zero-order chi connectivity index (χ0) is 20.0. The fraction of sp³-hybridized carbons (Fsp3) is 0.583. The maximum Gasteiger partial charge on any atom is 0.263 e. The van der Waals surface area contributed by atoms with Gasteiger partial charge in [-0.3, -0.25) is 4.79 Å². The van der Waals surface area contributed by atoms with Gasteiger partial charge in [0.15, 0.2) is 0 Å². The van der Waals surface area contributed by atoms with Crippen LogP contribution in [0.4, 0.5) is 0 Å². The number of benzene rings is 1. The van der Waals surface area contributed by atoms with Gasteiger partial charge in [-0.05, 0) is 25.3 Å². The summed E-state index contributed by atoms with van der Waals surface area (Å²) < 4.78 is 0. The zero-order valence-corrected chi connectivity index (χ0v) is 17.3. The summed E-state index contributed by atoms with van der Waals surface area (Å²) in [5.74, 6) is -0.257. The van der Waals surface area contributed by atoms with Crippen molar-refractivity contribution in [3.05, 3.63) is 47.7 Å². The van der Waals surface area contributed by atoms with E-state index >= 15 is 0 Å². The van der Waals surface area contributed by atoms with Crippen molar-refractivity contribution in [2.75, 3.05) is 0 Å². The third-order valence-electron chi connectivity index (χ3n) is 5.58. The van der Waals surface area contributed by atoms with E-state index < -0.39 is 0 Å². The van der Waals surface area contributed by atoms with Gasteiger partial charge in [0, 0.05) is 18.3 Å². The van der Waals surface area contributed by atoms with Gasteiger partial charge in [0.2, 0.25) is 0 Å². The van der Waals surface area contributed by atoms with Gasteiger partial charge in [-0.15, -0.1) is 0 Å². The fourth-order valence-electron chi connectivity index (χ4n) is 3.77. The van der Waals surface area contributed by atoms with Crippen LogP contribution in [0.2, 0.25) is 0 Å². The molecule has 2 N–H and O–H groups in total. The number of nitriles is 1. The molecule has 1 aromatic rings. The maximum absolute atomic E-state index is 12.6. The molecule has 2 rings (SSSR count). The molecule has 0 bridgehead atoms. The van der Waals surface area contributed by atoms with Crippen LogP contribution in [0.3, 0.4) is 0 Å². The minimum absolute atomic E-state index is 0.0405. The number of carbonyl (C=O) groups excluding carboxylic acids is 1. The Morgan fingerprint density at radius 2 is 1.54 bits per heavy atom. The Kier molecular flexibility index (Phi) is 10.2. The predicted molar refractivity (Wildman–Crippen MR) is 114 cm³/mol. The van der Waals surface area contributed by atoms with E-state index in [-0.39, 0.29) is 23.6 Å². The number of nitrogens with one attached hydrogen (secondary N) is 2. The predicted octanol–water partition coefficient (Wildman–Crippen LogP) is 5.53. The van der Waals surface area contributed by atoms with Gasteiger partial charge in [0.1, 0.15) is 11.6 Å². The topological polar surface area (TPSA) is 64.9 Å². The molecule has 1 aliphatic carbocycles. The van der Waals surface area contributed by atoms with Crippen molar-refractivity contribution in [3.63, 3.8) is 0 Å². The average molecular weight is 382 g/mol. The molecule has 152 valence electrons. The lowest BCUT2D eigenvalue weighted by Gasteiger charge is -2.19. The zero-order valence-electron chi connectivity index (χ0n) is 17.3. The molecular weight excluding hydrogens is 346 g/mol. The Morgan fingerprint density at radius 1 is 1.00 bits per heavy atom. The number of hydrogen-bond donors (Lipinski definition) is 2. The summed E-state index contributed by atoms with van der Waals surface area (Å²) in [6.45, 7) is 2.02.